The quantitative estimate of drug-likeness (QED) is 0.225. The second-order valence-electron chi connectivity index (χ2n) is 13.0. The Kier molecular flexibility index (Phi) is 10.8. The van der Waals surface area contributed by atoms with Crippen molar-refractivity contribution in [3.8, 4) is 0 Å². The zero-order valence-electron chi connectivity index (χ0n) is 23.8. The van der Waals surface area contributed by atoms with Crippen molar-refractivity contribution in [2.45, 2.75) is 105 Å². The van der Waals surface area contributed by atoms with Gasteiger partial charge in [0.25, 0.3) is 0 Å². The molecule has 0 fully saturated rings. The minimum atomic E-state index is 0. The zero-order chi connectivity index (χ0) is 24.5. The van der Waals surface area contributed by atoms with E-state index in [-0.39, 0.29) is 45.6 Å². The van der Waals surface area contributed by atoms with Gasteiger partial charge in [0, 0.05) is 28.9 Å². The van der Waals surface area contributed by atoms with E-state index in [9.17, 15) is 0 Å². The molecule has 0 amide bonds. The molecule has 0 aliphatic rings. The van der Waals surface area contributed by atoms with Crippen molar-refractivity contribution < 1.29 is 16.5 Å². The molecule has 0 unspecified atom stereocenters. The van der Waals surface area contributed by atoms with Gasteiger partial charge in [-0.15, -0.1) is 0 Å². The molecule has 0 spiro atoms. The second kappa shape index (κ2) is 11.3. The summed E-state index contributed by atoms with van der Waals surface area (Å²) >= 11 is 0. The van der Waals surface area contributed by atoms with Gasteiger partial charge in [0.15, 0.2) is 0 Å². The maximum Gasteiger partial charge on any atom is 0.0670 e. The van der Waals surface area contributed by atoms with Gasteiger partial charge in [0.2, 0.25) is 0 Å². The average molecular weight is 506 g/mol. The molecule has 34 heavy (non-hydrogen) atoms. The maximum atomic E-state index is 4.85. The van der Waals surface area contributed by atoms with Crippen molar-refractivity contribution >= 4 is 23.8 Å². The van der Waals surface area contributed by atoms with Gasteiger partial charge in [-0.3, -0.25) is 9.98 Å². The molecule has 0 N–H and O–H groups in total. The number of benzene rings is 2. The van der Waals surface area contributed by atoms with Crippen LogP contribution in [0.4, 0.5) is 11.4 Å². The third-order valence-electron chi connectivity index (χ3n) is 5.84. The Morgan fingerprint density at radius 2 is 0.794 bits per heavy atom. The molecule has 0 aliphatic heterocycles. The molecule has 0 heterocycles. The van der Waals surface area contributed by atoms with E-state index < -0.39 is 0 Å². The first-order chi connectivity index (χ1) is 14.4. The Bertz CT molecular complexity index is 918. The summed E-state index contributed by atoms with van der Waals surface area (Å²) in [5.74, 6) is 0. The molecule has 2 rings (SSSR count). The summed E-state index contributed by atoms with van der Waals surface area (Å²) in [4.78, 5) is 9.70. The molecule has 0 atom stereocenters. The fraction of sp³-hybridized carbons (Fsp3) is 0.516. The van der Waals surface area contributed by atoms with E-state index in [0.717, 1.165) is 11.4 Å². The molecule has 0 saturated carbocycles. The van der Waals surface area contributed by atoms with Gasteiger partial charge in [0.1, 0.15) is 0 Å². The minimum absolute atomic E-state index is 0. The van der Waals surface area contributed by atoms with Crippen molar-refractivity contribution in [1.29, 1.82) is 0 Å². The first-order valence-corrected chi connectivity index (χ1v) is 11.8. The summed E-state index contributed by atoms with van der Waals surface area (Å²) in [6.45, 7) is 26.9. The summed E-state index contributed by atoms with van der Waals surface area (Å²) in [7, 11) is 0. The predicted octanol–water partition coefficient (Wildman–Crippen LogP) is 9.43. The van der Waals surface area contributed by atoms with Crippen molar-refractivity contribution in [1.82, 2.24) is 0 Å². The fourth-order valence-corrected chi connectivity index (χ4v) is 3.71. The van der Waals surface area contributed by atoms with Gasteiger partial charge in [-0.25, -0.2) is 0 Å². The Labute approximate surface area is 220 Å². The minimum Gasteiger partial charge on any atom is -0.358 e. The van der Waals surface area contributed by atoms with Gasteiger partial charge in [-0.05, 0) is 56.0 Å². The van der Waals surface area contributed by atoms with Crippen molar-refractivity contribution in [2.24, 2.45) is 9.98 Å². The monoisotopic (exact) mass is 505 g/mol. The molecule has 3 heteroatoms. The normalized spacial score (nSPS) is 13.2. The number of aliphatic imine (C=N–C) groups is 2. The first kappa shape index (κ1) is 32.3. The predicted molar refractivity (Wildman–Crippen MR) is 150 cm³/mol. The molecular formula is C31H47N2Ni-. The smallest absolute Gasteiger partial charge is 0.0670 e. The van der Waals surface area contributed by atoms with Crippen LogP contribution in [0.3, 0.4) is 0 Å². The van der Waals surface area contributed by atoms with E-state index in [1.165, 1.54) is 22.3 Å². The van der Waals surface area contributed by atoms with Crippen LogP contribution in [-0.4, -0.2) is 12.4 Å². The molecule has 0 radical (unpaired) electrons. The molecule has 2 nitrogen and oxygen atoms in total. The molecule has 2 aromatic carbocycles. The van der Waals surface area contributed by atoms with Crippen LogP contribution in [-0.2, 0) is 38.2 Å². The summed E-state index contributed by atoms with van der Waals surface area (Å²) in [5.41, 5.74) is 7.37. The number of hydrogen-bond donors (Lipinski definition) is 0. The van der Waals surface area contributed by atoms with Crippen molar-refractivity contribution in [3.05, 3.63) is 66.1 Å². The van der Waals surface area contributed by atoms with E-state index in [2.05, 4.69) is 119 Å². The first-order valence-electron chi connectivity index (χ1n) is 11.8. The number of rotatable bonds is 3. The molecule has 192 valence electrons. The zero-order valence-corrected chi connectivity index (χ0v) is 24.8. The van der Waals surface area contributed by atoms with E-state index in [1.54, 1.807) is 0 Å². The summed E-state index contributed by atoms with van der Waals surface area (Å²) in [6, 6.07) is 13.4. The Balaban J connectivity index is 0.00000544. The van der Waals surface area contributed by atoms with Crippen LogP contribution >= 0.6 is 0 Å². The van der Waals surface area contributed by atoms with E-state index in [0.29, 0.717) is 0 Å². The number of nitrogens with zero attached hydrogens (tertiary/aromatic N) is 2. The van der Waals surface area contributed by atoms with Crippen LogP contribution in [0.15, 0.2) is 46.4 Å². The van der Waals surface area contributed by atoms with Crippen molar-refractivity contribution in [3.63, 3.8) is 0 Å². The Morgan fingerprint density at radius 3 is 1.03 bits per heavy atom. The summed E-state index contributed by atoms with van der Waals surface area (Å²) < 4.78 is 0. The van der Waals surface area contributed by atoms with Crippen LogP contribution in [0.5, 0.6) is 0 Å². The largest absolute Gasteiger partial charge is 0.358 e. The third-order valence-corrected chi connectivity index (χ3v) is 5.84. The Hall–Kier alpha value is -1.73. The van der Waals surface area contributed by atoms with Crippen LogP contribution in [0, 0.1) is 7.43 Å². The van der Waals surface area contributed by atoms with Gasteiger partial charge in [-0.2, -0.15) is 0 Å². The molecule has 0 aromatic heterocycles. The van der Waals surface area contributed by atoms with Gasteiger partial charge in [0.05, 0.1) is 11.4 Å². The Morgan fingerprint density at radius 1 is 0.500 bits per heavy atom. The van der Waals surface area contributed by atoms with Crippen molar-refractivity contribution in [2.75, 3.05) is 0 Å². The molecular weight excluding hydrogens is 459 g/mol. The fourth-order valence-electron chi connectivity index (χ4n) is 3.71. The van der Waals surface area contributed by atoms with E-state index in [1.807, 2.05) is 12.4 Å². The van der Waals surface area contributed by atoms with Gasteiger partial charge in [-0.1, -0.05) is 107 Å². The van der Waals surface area contributed by atoms with E-state index >= 15 is 0 Å². The van der Waals surface area contributed by atoms with Crippen LogP contribution in [0.2, 0.25) is 0 Å². The topological polar surface area (TPSA) is 24.7 Å². The van der Waals surface area contributed by atoms with Gasteiger partial charge < -0.3 is 7.43 Å². The van der Waals surface area contributed by atoms with Gasteiger partial charge >= 0.3 is 0 Å². The molecule has 0 aliphatic carbocycles. The van der Waals surface area contributed by atoms with E-state index in [4.69, 9.17) is 9.98 Å². The number of hydrogen-bond acceptors (Lipinski definition) is 2. The maximum absolute atomic E-state index is 4.85. The summed E-state index contributed by atoms with van der Waals surface area (Å²) in [6.07, 6.45) is 3.68. The molecule has 0 saturated heterocycles. The third kappa shape index (κ3) is 8.49. The second-order valence-corrected chi connectivity index (χ2v) is 13.0. The molecule has 0 bridgehead atoms. The summed E-state index contributed by atoms with van der Waals surface area (Å²) in [5, 5.41) is 0. The van der Waals surface area contributed by atoms with Crippen LogP contribution in [0.1, 0.15) is 105 Å². The van der Waals surface area contributed by atoms with Crippen LogP contribution in [0.25, 0.3) is 0 Å². The van der Waals surface area contributed by atoms with Crippen LogP contribution < -0.4 is 0 Å². The standard InChI is InChI=1S/C30H44N2.CH3.Ni/c1-27(2,3)21-13-15-23(29(7,8)9)25(19-21)31-17-18-32-26-20-22(28(4,5)6)14-16-24(26)30(10,11)12;;/h13-20H,1-12H3;1H3;/q;-1;. The molecule has 2 aromatic rings. The average Bonchev–Trinajstić information content (AvgIpc) is 2.61. The SMILES string of the molecule is CC(C)(C)c1ccc(C(C)(C)C)c(N=CC=Nc2cc(C(C)(C)C)ccc2C(C)(C)C)c1.[CH3-].[Ni].